The number of nitrogens with zero attached hydrogens (tertiary/aromatic N) is 2. The number of hydrogen-bond donors (Lipinski definition) is 1. The van der Waals surface area contributed by atoms with Gasteiger partial charge in [-0.25, -0.2) is 9.78 Å². The fourth-order valence-electron chi connectivity index (χ4n) is 3.63. The zero-order valence-electron chi connectivity index (χ0n) is 14.9. The van der Waals surface area contributed by atoms with Crippen molar-refractivity contribution in [1.82, 2.24) is 9.55 Å². The van der Waals surface area contributed by atoms with E-state index >= 15 is 0 Å². The zero-order valence-corrected chi connectivity index (χ0v) is 15.7. The van der Waals surface area contributed by atoms with Crippen LogP contribution in [0.4, 0.5) is 0 Å². The highest BCUT2D eigenvalue weighted by molar-refractivity contribution is 7.13. The Morgan fingerprint density at radius 3 is 2.68 bits per heavy atom. The lowest BCUT2D eigenvalue weighted by molar-refractivity contribution is 0.0699. The molecule has 2 aromatic heterocycles. The van der Waals surface area contributed by atoms with E-state index in [1.807, 2.05) is 40.3 Å². The smallest absolute Gasteiger partial charge is 0.337 e. The molecule has 0 unspecified atom stereocenters. The minimum absolute atomic E-state index is 0.314. The van der Waals surface area contributed by atoms with Gasteiger partial charge < -0.3 is 9.67 Å². The number of benzene rings is 3. The third kappa shape index (κ3) is 2.86. The number of aromatic carboxylic acids is 1. The van der Waals surface area contributed by atoms with Crippen molar-refractivity contribution in [3.63, 3.8) is 0 Å². The lowest BCUT2D eigenvalue weighted by Crippen LogP contribution is -1.99. The Morgan fingerprint density at radius 2 is 1.89 bits per heavy atom. The van der Waals surface area contributed by atoms with Crippen molar-refractivity contribution in [1.29, 1.82) is 0 Å². The van der Waals surface area contributed by atoms with E-state index in [0.717, 1.165) is 27.0 Å². The number of carbonyl (C=O) groups is 1. The highest BCUT2D eigenvalue weighted by atomic mass is 32.1. The molecule has 1 N–H and O–H groups in total. The molecule has 0 saturated carbocycles. The topological polar surface area (TPSA) is 55.1 Å². The molecule has 5 heteroatoms. The third-order valence-corrected chi connectivity index (χ3v) is 5.78. The maximum atomic E-state index is 11.8. The lowest BCUT2D eigenvalue weighted by atomic mass is 10.1. The minimum atomic E-state index is -0.918. The van der Waals surface area contributed by atoms with Gasteiger partial charge in [0.05, 0.1) is 5.56 Å². The summed E-state index contributed by atoms with van der Waals surface area (Å²) in [7, 11) is 0. The van der Waals surface area contributed by atoms with Crippen molar-refractivity contribution < 1.29 is 9.90 Å². The molecule has 2 heterocycles. The highest BCUT2D eigenvalue weighted by Crippen LogP contribution is 2.30. The molecule has 0 aliphatic rings. The van der Waals surface area contributed by atoms with Gasteiger partial charge in [-0.2, -0.15) is 0 Å². The molecule has 0 aliphatic carbocycles. The Kier molecular flexibility index (Phi) is 3.95. The molecule has 0 spiro atoms. The summed E-state index contributed by atoms with van der Waals surface area (Å²) in [6.45, 7) is 0.616. The molecule has 5 rings (SSSR count). The van der Waals surface area contributed by atoms with Gasteiger partial charge in [0.2, 0.25) is 0 Å². The molecule has 136 valence electrons. The van der Waals surface area contributed by atoms with Gasteiger partial charge in [0.25, 0.3) is 0 Å². The number of rotatable bonds is 4. The molecule has 3 aromatic carbocycles. The van der Waals surface area contributed by atoms with E-state index in [0.29, 0.717) is 12.1 Å². The predicted octanol–water partition coefficient (Wildman–Crippen LogP) is 5.66. The van der Waals surface area contributed by atoms with Gasteiger partial charge in [0, 0.05) is 40.8 Å². The van der Waals surface area contributed by atoms with E-state index in [9.17, 15) is 9.90 Å². The molecule has 5 aromatic rings. The van der Waals surface area contributed by atoms with E-state index in [1.165, 1.54) is 10.8 Å². The molecule has 0 saturated heterocycles. The first-order chi connectivity index (χ1) is 13.7. The number of thiazole rings is 1. The first-order valence-corrected chi connectivity index (χ1v) is 9.81. The molecular weight excluding hydrogens is 368 g/mol. The van der Waals surface area contributed by atoms with Crippen molar-refractivity contribution in [2.75, 3.05) is 0 Å². The summed E-state index contributed by atoms with van der Waals surface area (Å²) in [5, 5.41) is 15.6. The number of hydrogen-bond acceptors (Lipinski definition) is 3. The lowest BCUT2D eigenvalue weighted by Gasteiger charge is -2.08. The normalized spacial score (nSPS) is 11.3. The van der Waals surface area contributed by atoms with Gasteiger partial charge in [-0.15, -0.1) is 11.3 Å². The highest BCUT2D eigenvalue weighted by Gasteiger charge is 2.16. The summed E-state index contributed by atoms with van der Waals surface area (Å²) in [5.41, 5.74) is 3.30. The van der Waals surface area contributed by atoms with E-state index < -0.39 is 5.97 Å². The van der Waals surface area contributed by atoms with Crippen LogP contribution < -0.4 is 0 Å². The van der Waals surface area contributed by atoms with Gasteiger partial charge in [0.15, 0.2) is 0 Å². The van der Waals surface area contributed by atoms with E-state index in [4.69, 9.17) is 0 Å². The van der Waals surface area contributed by atoms with Crippen molar-refractivity contribution in [3.05, 3.63) is 89.6 Å². The summed E-state index contributed by atoms with van der Waals surface area (Å²) in [4.78, 5) is 16.2. The summed E-state index contributed by atoms with van der Waals surface area (Å²) in [6, 6.07) is 20.5. The molecule has 28 heavy (non-hydrogen) atoms. The van der Waals surface area contributed by atoms with Crippen LogP contribution in [0.3, 0.4) is 0 Å². The summed E-state index contributed by atoms with van der Waals surface area (Å²) in [5.74, 6) is -0.918. The predicted molar refractivity (Wildman–Crippen MR) is 113 cm³/mol. The maximum Gasteiger partial charge on any atom is 0.337 e. The SMILES string of the molecule is O=C(O)c1cn(Cc2ccc3ccccc3c2)c2ccc(-c3nccs3)cc12. The Morgan fingerprint density at radius 1 is 1.04 bits per heavy atom. The van der Waals surface area contributed by atoms with Crippen LogP contribution in [-0.4, -0.2) is 20.6 Å². The van der Waals surface area contributed by atoms with Crippen molar-refractivity contribution in [2.45, 2.75) is 6.54 Å². The molecule has 0 aliphatic heterocycles. The van der Waals surface area contributed by atoms with Gasteiger partial charge in [-0.3, -0.25) is 0 Å². The minimum Gasteiger partial charge on any atom is -0.478 e. The largest absolute Gasteiger partial charge is 0.478 e. The molecule has 0 radical (unpaired) electrons. The summed E-state index contributed by atoms with van der Waals surface area (Å²) >= 11 is 1.54. The second kappa shape index (κ2) is 6.62. The monoisotopic (exact) mass is 384 g/mol. The third-order valence-electron chi connectivity index (χ3n) is 4.96. The second-order valence-corrected chi connectivity index (χ2v) is 7.62. The average molecular weight is 384 g/mol. The van der Waals surface area contributed by atoms with Crippen LogP contribution >= 0.6 is 11.3 Å². The summed E-state index contributed by atoms with van der Waals surface area (Å²) < 4.78 is 2.01. The average Bonchev–Trinajstić information content (AvgIpc) is 3.36. The fourth-order valence-corrected chi connectivity index (χ4v) is 4.27. The van der Waals surface area contributed by atoms with Crippen molar-refractivity contribution in [3.8, 4) is 10.6 Å². The molecule has 0 fully saturated rings. The first kappa shape index (κ1) is 16.7. The van der Waals surface area contributed by atoms with E-state index in [-0.39, 0.29) is 0 Å². The van der Waals surface area contributed by atoms with Crippen LogP contribution in [0.5, 0.6) is 0 Å². The maximum absolute atomic E-state index is 11.8. The standard InChI is InChI=1S/C23H16N2O2S/c26-23(27)20-14-25(13-15-5-6-16-3-1-2-4-17(16)11-15)21-8-7-18(12-19(20)21)22-24-9-10-28-22/h1-12,14H,13H2,(H,26,27). The van der Waals surface area contributed by atoms with Gasteiger partial charge in [-0.05, 0) is 40.6 Å². The first-order valence-electron chi connectivity index (χ1n) is 8.93. The van der Waals surface area contributed by atoms with E-state index in [2.05, 4.69) is 35.3 Å². The number of carboxylic acid groups (broad SMARTS) is 1. The summed E-state index contributed by atoms with van der Waals surface area (Å²) in [6.07, 6.45) is 3.49. The van der Waals surface area contributed by atoms with E-state index in [1.54, 1.807) is 23.7 Å². The van der Waals surface area contributed by atoms with Crippen molar-refractivity contribution in [2.24, 2.45) is 0 Å². The Labute approximate surface area is 165 Å². The molecular formula is C23H16N2O2S. The van der Waals surface area contributed by atoms with Gasteiger partial charge >= 0.3 is 5.97 Å². The van der Waals surface area contributed by atoms with Crippen LogP contribution in [0.1, 0.15) is 15.9 Å². The van der Waals surface area contributed by atoms with Crippen LogP contribution in [0.25, 0.3) is 32.2 Å². The Balaban J connectivity index is 1.61. The number of carboxylic acids is 1. The Hall–Kier alpha value is -3.44. The van der Waals surface area contributed by atoms with Crippen LogP contribution in [0.2, 0.25) is 0 Å². The number of aromatic nitrogens is 2. The van der Waals surface area contributed by atoms with Crippen LogP contribution in [0, 0.1) is 0 Å². The molecule has 0 bridgehead atoms. The van der Waals surface area contributed by atoms with Gasteiger partial charge in [-0.1, -0.05) is 36.4 Å². The van der Waals surface area contributed by atoms with Crippen LogP contribution in [0.15, 0.2) is 78.4 Å². The van der Waals surface area contributed by atoms with Crippen molar-refractivity contribution >= 4 is 39.0 Å². The molecule has 0 atom stereocenters. The number of fused-ring (bicyclic) bond motifs is 2. The zero-order chi connectivity index (χ0) is 19.1. The van der Waals surface area contributed by atoms with Gasteiger partial charge in [0.1, 0.15) is 5.01 Å². The Bertz CT molecular complexity index is 1320. The quantitative estimate of drug-likeness (QED) is 0.435. The molecule has 0 amide bonds. The fraction of sp³-hybridized carbons (Fsp3) is 0.0435. The van der Waals surface area contributed by atoms with Crippen LogP contribution in [-0.2, 0) is 6.54 Å². The second-order valence-electron chi connectivity index (χ2n) is 6.73. The molecule has 4 nitrogen and oxygen atoms in total.